The SMILES string of the molecule is Cc1cnccc1-c1noc([C@H]2C[C@H](O)CN2)n1. The number of hydrogen-bond donors (Lipinski definition) is 2. The summed E-state index contributed by atoms with van der Waals surface area (Å²) in [5, 5.41) is 16.6. The Morgan fingerprint density at radius 1 is 1.50 bits per heavy atom. The highest BCUT2D eigenvalue weighted by Crippen LogP contribution is 2.25. The van der Waals surface area contributed by atoms with Crippen LogP contribution in [0.5, 0.6) is 0 Å². The molecule has 94 valence electrons. The summed E-state index contributed by atoms with van der Waals surface area (Å²) in [7, 11) is 0. The molecule has 2 atom stereocenters. The molecule has 0 spiro atoms. The van der Waals surface area contributed by atoms with Gasteiger partial charge >= 0.3 is 0 Å². The van der Waals surface area contributed by atoms with E-state index >= 15 is 0 Å². The molecule has 1 aliphatic heterocycles. The van der Waals surface area contributed by atoms with Crippen LogP contribution in [0.2, 0.25) is 0 Å². The molecule has 2 aromatic rings. The van der Waals surface area contributed by atoms with Gasteiger partial charge in [0.25, 0.3) is 0 Å². The third-order valence-corrected chi connectivity index (χ3v) is 3.11. The fraction of sp³-hybridized carbons (Fsp3) is 0.417. The molecule has 2 N–H and O–H groups in total. The molecule has 1 fully saturated rings. The molecular weight excluding hydrogens is 232 g/mol. The van der Waals surface area contributed by atoms with Gasteiger partial charge in [0.1, 0.15) is 0 Å². The van der Waals surface area contributed by atoms with Crippen molar-refractivity contribution in [3.05, 3.63) is 29.9 Å². The summed E-state index contributed by atoms with van der Waals surface area (Å²) < 4.78 is 5.25. The van der Waals surface area contributed by atoms with Gasteiger partial charge in [0.05, 0.1) is 12.1 Å². The van der Waals surface area contributed by atoms with Crippen LogP contribution in [0, 0.1) is 6.92 Å². The van der Waals surface area contributed by atoms with Crippen LogP contribution in [-0.4, -0.2) is 32.9 Å². The number of hydrogen-bond acceptors (Lipinski definition) is 6. The minimum Gasteiger partial charge on any atom is -0.392 e. The molecule has 6 nitrogen and oxygen atoms in total. The van der Waals surface area contributed by atoms with Gasteiger partial charge in [-0.25, -0.2) is 0 Å². The first-order valence-electron chi connectivity index (χ1n) is 5.90. The van der Waals surface area contributed by atoms with Crippen LogP contribution in [0.4, 0.5) is 0 Å². The summed E-state index contributed by atoms with van der Waals surface area (Å²) in [6.45, 7) is 2.52. The Balaban J connectivity index is 1.88. The zero-order chi connectivity index (χ0) is 12.5. The van der Waals surface area contributed by atoms with Crippen molar-refractivity contribution < 1.29 is 9.63 Å². The van der Waals surface area contributed by atoms with Crippen LogP contribution in [0.25, 0.3) is 11.4 Å². The molecule has 1 aliphatic rings. The second kappa shape index (κ2) is 4.47. The zero-order valence-corrected chi connectivity index (χ0v) is 10.00. The average Bonchev–Trinajstić information content (AvgIpc) is 2.98. The van der Waals surface area contributed by atoms with E-state index in [-0.39, 0.29) is 12.1 Å². The van der Waals surface area contributed by atoms with Crippen molar-refractivity contribution in [1.82, 2.24) is 20.4 Å². The summed E-state index contributed by atoms with van der Waals surface area (Å²) in [5.41, 5.74) is 1.92. The molecule has 2 aromatic heterocycles. The number of aromatic nitrogens is 3. The molecule has 0 radical (unpaired) electrons. The normalized spacial score (nSPS) is 23.4. The summed E-state index contributed by atoms with van der Waals surface area (Å²) in [5.74, 6) is 1.09. The highest BCUT2D eigenvalue weighted by atomic mass is 16.5. The number of β-amino-alcohol motifs (C(OH)–C–C–N with tert-alkyl or cyclic N) is 1. The second-order valence-electron chi connectivity index (χ2n) is 4.50. The number of aliphatic hydroxyl groups excluding tert-OH is 1. The Morgan fingerprint density at radius 3 is 3.11 bits per heavy atom. The molecule has 0 amide bonds. The van der Waals surface area contributed by atoms with Gasteiger partial charge in [0, 0.05) is 24.5 Å². The molecule has 0 aliphatic carbocycles. The van der Waals surface area contributed by atoms with Crippen molar-refractivity contribution in [1.29, 1.82) is 0 Å². The zero-order valence-electron chi connectivity index (χ0n) is 10.00. The van der Waals surface area contributed by atoms with Crippen molar-refractivity contribution in [2.75, 3.05) is 6.54 Å². The molecule has 18 heavy (non-hydrogen) atoms. The van der Waals surface area contributed by atoms with Crippen molar-refractivity contribution in [2.24, 2.45) is 0 Å². The maximum Gasteiger partial charge on any atom is 0.244 e. The minimum atomic E-state index is -0.340. The van der Waals surface area contributed by atoms with Crippen molar-refractivity contribution in [3.63, 3.8) is 0 Å². The largest absolute Gasteiger partial charge is 0.392 e. The lowest BCUT2D eigenvalue weighted by molar-refractivity contribution is 0.191. The molecule has 3 heterocycles. The highest BCUT2D eigenvalue weighted by molar-refractivity contribution is 5.57. The van der Waals surface area contributed by atoms with E-state index in [1.54, 1.807) is 12.4 Å². The quantitative estimate of drug-likeness (QED) is 0.816. The van der Waals surface area contributed by atoms with Crippen LogP contribution in [-0.2, 0) is 0 Å². The molecular formula is C12H14N4O2. The first-order valence-corrected chi connectivity index (χ1v) is 5.90. The number of aliphatic hydroxyl groups is 1. The summed E-state index contributed by atoms with van der Waals surface area (Å²) in [6, 6.07) is 1.81. The lowest BCUT2D eigenvalue weighted by Crippen LogP contribution is -2.15. The highest BCUT2D eigenvalue weighted by Gasteiger charge is 2.28. The summed E-state index contributed by atoms with van der Waals surface area (Å²) in [4.78, 5) is 8.41. The van der Waals surface area contributed by atoms with Crippen molar-refractivity contribution in [2.45, 2.75) is 25.5 Å². The summed E-state index contributed by atoms with van der Waals surface area (Å²) >= 11 is 0. The van der Waals surface area contributed by atoms with Gasteiger partial charge in [0.2, 0.25) is 11.7 Å². The minimum absolute atomic E-state index is 0.0524. The molecule has 1 saturated heterocycles. The number of nitrogens with one attached hydrogen (secondary N) is 1. The second-order valence-corrected chi connectivity index (χ2v) is 4.50. The van der Waals surface area contributed by atoms with E-state index < -0.39 is 0 Å². The molecule has 0 saturated carbocycles. The van der Waals surface area contributed by atoms with Crippen molar-refractivity contribution in [3.8, 4) is 11.4 Å². The lowest BCUT2D eigenvalue weighted by atomic mass is 10.1. The fourth-order valence-electron chi connectivity index (χ4n) is 2.12. The first-order chi connectivity index (χ1) is 8.74. The Bertz CT molecular complexity index is 555. The van der Waals surface area contributed by atoms with E-state index in [2.05, 4.69) is 20.4 Å². The van der Waals surface area contributed by atoms with Gasteiger partial charge in [-0.15, -0.1) is 0 Å². The molecule has 0 unspecified atom stereocenters. The van der Waals surface area contributed by atoms with Crippen LogP contribution in [0.1, 0.15) is 23.9 Å². The van der Waals surface area contributed by atoms with E-state index in [4.69, 9.17) is 4.52 Å². The number of nitrogens with zero attached hydrogens (tertiary/aromatic N) is 3. The van der Waals surface area contributed by atoms with Gasteiger partial charge < -0.3 is 14.9 Å². The number of rotatable bonds is 2. The average molecular weight is 246 g/mol. The van der Waals surface area contributed by atoms with E-state index in [1.807, 2.05) is 13.0 Å². The standard InChI is InChI=1S/C12H14N4O2/c1-7-5-13-3-2-9(7)11-15-12(18-16-11)10-4-8(17)6-14-10/h2-3,5,8,10,14,17H,4,6H2,1H3/t8-,10+/m0/s1. The predicted molar refractivity (Wildman–Crippen MR) is 63.6 cm³/mol. The molecule has 0 aromatic carbocycles. The maximum absolute atomic E-state index is 9.47. The maximum atomic E-state index is 9.47. The number of pyridine rings is 1. The first kappa shape index (κ1) is 11.3. The van der Waals surface area contributed by atoms with Crippen LogP contribution in [0.15, 0.2) is 23.0 Å². The van der Waals surface area contributed by atoms with Crippen LogP contribution >= 0.6 is 0 Å². The van der Waals surface area contributed by atoms with Gasteiger partial charge in [-0.3, -0.25) is 4.98 Å². The molecule has 6 heteroatoms. The van der Waals surface area contributed by atoms with E-state index in [0.29, 0.717) is 24.7 Å². The van der Waals surface area contributed by atoms with Crippen LogP contribution in [0.3, 0.4) is 0 Å². The number of aryl methyl sites for hydroxylation is 1. The van der Waals surface area contributed by atoms with Gasteiger partial charge in [-0.2, -0.15) is 4.98 Å². The van der Waals surface area contributed by atoms with Gasteiger partial charge in [0.15, 0.2) is 0 Å². The Labute approximate surface area is 104 Å². The monoisotopic (exact) mass is 246 g/mol. The topological polar surface area (TPSA) is 84.1 Å². The molecule has 0 bridgehead atoms. The van der Waals surface area contributed by atoms with Crippen molar-refractivity contribution >= 4 is 0 Å². The smallest absolute Gasteiger partial charge is 0.244 e. The Kier molecular flexibility index (Phi) is 2.81. The lowest BCUT2D eigenvalue weighted by Gasteiger charge is -2.01. The Morgan fingerprint density at radius 2 is 2.39 bits per heavy atom. The van der Waals surface area contributed by atoms with Gasteiger partial charge in [-0.1, -0.05) is 5.16 Å². The van der Waals surface area contributed by atoms with E-state index in [0.717, 1.165) is 11.1 Å². The third-order valence-electron chi connectivity index (χ3n) is 3.11. The Hall–Kier alpha value is -1.79. The van der Waals surface area contributed by atoms with Gasteiger partial charge in [-0.05, 0) is 25.0 Å². The van der Waals surface area contributed by atoms with E-state index in [1.165, 1.54) is 0 Å². The molecule has 3 rings (SSSR count). The summed E-state index contributed by atoms with van der Waals surface area (Å²) in [6.07, 6.45) is 3.74. The fourth-order valence-corrected chi connectivity index (χ4v) is 2.12. The predicted octanol–water partition coefficient (Wildman–Crippen LogP) is 0.835. The van der Waals surface area contributed by atoms with Crippen LogP contribution < -0.4 is 5.32 Å². The third kappa shape index (κ3) is 2.00. The van der Waals surface area contributed by atoms with E-state index in [9.17, 15) is 5.11 Å².